The van der Waals surface area contributed by atoms with Crippen LogP contribution < -0.4 is 0 Å². The summed E-state index contributed by atoms with van der Waals surface area (Å²) in [5.41, 5.74) is 0. The molecule has 0 saturated carbocycles. The molecule has 0 aliphatic carbocycles. The first-order valence-corrected chi connectivity index (χ1v) is 8.31. The van der Waals surface area contributed by atoms with Gasteiger partial charge in [-0.05, 0) is 18.4 Å². The van der Waals surface area contributed by atoms with E-state index in [1.54, 1.807) is 18.5 Å². The van der Waals surface area contributed by atoms with Crippen LogP contribution in [0, 0.1) is 5.92 Å². The van der Waals surface area contributed by atoms with E-state index in [0.717, 1.165) is 0 Å². The Kier molecular flexibility index (Phi) is 3.83. The number of fused-ring (bicyclic) bond motifs is 1. The van der Waals surface area contributed by atoms with Gasteiger partial charge in [-0.1, -0.05) is 0 Å². The van der Waals surface area contributed by atoms with Crippen LogP contribution in [0.2, 0.25) is 0 Å². The lowest BCUT2D eigenvalue weighted by molar-refractivity contribution is -0.141. The molecule has 1 saturated heterocycles. The monoisotopic (exact) mass is 324 g/mol. The minimum atomic E-state index is -3.66. The van der Waals surface area contributed by atoms with Crippen molar-refractivity contribution in [2.24, 2.45) is 5.92 Å². The number of hydrogen-bond donors (Lipinski definition) is 0. The van der Waals surface area contributed by atoms with Crippen LogP contribution in [-0.4, -0.2) is 53.3 Å². The van der Waals surface area contributed by atoms with E-state index in [2.05, 4.69) is 14.7 Å². The molecule has 1 aliphatic rings. The molecule has 0 radical (unpaired) electrons. The minimum Gasteiger partial charge on any atom is -0.469 e. The molecule has 0 bridgehead atoms. The fraction of sp³-hybridized carbons (Fsp3) is 0.462. The van der Waals surface area contributed by atoms with Crippen molar-refractivity contribution in [3.8, 4) is 0 Å². The maximum Gasteiger partial charge on any atom is 0.305 e. The molecule has 9 heteroatoms. The molecule has 1 aliphatic heterocycles. The Morgan fingerprint density at radius 3 is 3.05 bits per heavy atom. The number of nitrogens with zero attached hydrogens (tertiary/aromatic N) is 4. The van der Waals surface area contributed by atoms with E-state index in [4.69, 9.17) is 0 Å². The van der Waals surface area contributed by atoms with Crippen LogP contribution >= 0.6 is 0 Å². The number of ether oxygens (including phenoxy) is 1. The molecule has 118 valence electrons. The van der Waals surface area contributed by atoms with Crippen LogP contribution in [0.25, 0.3) is 5.78 Å². The van der Waals surface area contributed by atoms with Gasteiger partial charge >= 0.3 is 5.97 Å². The predicted molar refractivity (Wildman–Crippen MR) is 76.5 cm³/mol. The molecule has 0 amide bonds. The zero-order valence-electron chi connectivity index (χ0n) is 12.0. The van der Waals surface area contributed by atoms with E-state index in [1.165, 1.54) is 22.0 Å². The third-order valence-electron chi connectivity index (χ3n) is 3.79. The van der Waals surface area contributed by atoms with E-state index < -0.39 is 10.0 Å². The van der Waals surface area contributed by atoms with Gasteiger partial charge in [0.1, 0.15) is 0 Å². The van der Waals surface area contributed by atoms with Crippen molar-refractivity contribution in [2.45, 2.75) is 17.9 Å². The molecule has 1 fully saturated rings. The second-order valence-electron chi connectivity index (χ2n) is 5.18. The van der Waals surface area contributed by atoms with Crippen LogP contribution in [0.1, 0.15) is 12.8 Å². The predicted octanol–water partition coefficient (Wildman–Crippen LogP) is 0.303. The van der Waals surface area contributed by atoms with Crippen molar-refractivity contribution >= 4 is 21.8 Å². The van der Waals surface area contributed by atoms with Gasteiger partial charge in [0.25, 0.3) is 10.0 Å². The molecule has 8 nitrogen and oxygen atoms in total. The summed E-state index contributed by atoms with van der Waals surface area (Å²) < 4.78 is 32.9. The van der Waals surface area contributed by atoms with E-state index in [1.807, 2.05) is 0 Å². The molecule has 3 heterocycles. The summed E-state index contributed by atoms with van der Waals surface area (Å²) in [5, 5.41) is 0.0920. The largest absolute Gasteiger partial charge is 0.469 e. The Hall–Kier alpha value is -2.00. The summed E-state index contributed by atoms with van der Waals surface area (Å²) in [6, 6.07) is 1.65. The Labute approximate surface area is 127 Å². The lowest BCUT2D eigenvalue weighted by Crippen LogP contribution is -2.30. The molecule has 0 spiro atoms. The second kappa shape index (κ2) is 5.65. The Morgan fingerprint density at radius 1 is 1.45 bits per heavy atom. The van der Waals surface area contributed by atoms with E-state index in [-0.39, 0.29) is 23.3 Å². The SMILES string of the molecule is COC(=O)CC1CCN(S(=O)(=O)c2cnc3ncccn23)C1. The van der Waals surface area contributed by atoms with Gasteiger partial charge in [0.15, 0.2) is 5.03 Å². The molecular formula is C13H16N4O4S. The number of hydrogen-bond acceptors (Lipinski definition) is 6. The summed E-state index contributed by atoms with van der Waals surface area (Å²) in [6.07, 6.45) is 5.36. The average molecular weight is 324 g/mol. The van der Waals surface area contributed by atoms with Crippen LogP contribution in [-0.2, 0) is 19.6 Å². The second-order valence-corrected chi connectivity index (χ2v) is 7.07. The highest BCUT2D eigenvalue weighted by atomic mass is 32.2. The maximum atomic E-state index is 12.7. The zero-order chi connectivity index (χ0) is 15.7. The molecular weight excluding hydrogens is 308 g/mol. The first kappa shape index (κ1) is 14.9. The molecule has 2 aromatic heterocycles. The van der Waals surface area contributed by atoms with Crippen LogP contribution in [0.5, 0.6) is 0 Å². The van der Waals surface area contributed by atoms with Crippen molar-refractivity contribution in [1.82, 2.24) is 18.7 Å². The molecule has 1 unspecified atom stereocenters. The van der Waals surface area contributed by atoms with Gasteiger partial charge < -0.3 is 4.74 Å². The molecule has 1 atom stereocenters. The first-order valence-electron chi connectivity index (χ1n) is 6.87. The molecule has 0 aromatic carbocycles. The summed E-state index contributed by atoms with van der Waals surface area (Å²) in [4.78, 5) is 19.3. The van der Waals surface area contributed by atoms with Gasteiger partial charge in [-0.15, -0.1) is 0 Å². The molecule has 2 aromatic rings. The van der Waals surface area contributed by atoms with Crippen LogP contribution in [0.4, 0.5) is 0 Å². The van der Waals surface area contributed by atoms with Crippen molar-refractivity contribution < 1.29 is 17.9 Å². The van der Waals surface area contributed by atoms with E-state index in [0.29, 0.717) is 25.3 Å². The Bertz CT molecular complexity index is 801. The summed E-state index contributed by atoms with van der Waals surface area (Å²) in [6.45, 7) is 0.697. The summed E-state index contributed by atoms with van der Waals surface area (Å²) >= 11 is 0. The van der Waals surface area contributed by atoms with Crippen LogP contribution in [0.3, 0.4) is 0 Å². The van der Waals surface area contributed by atoms with E-state index >= 15 is 0 Å². The van der Waals surface area contributed by atoms with Crippen molar-refractivity contribution in [3.05, 3.63) is 24.7 Å². The highest BCUT2D eigenvalue weighted by Crippen LogP contribution is 2.26. The topological polar surface area (TPSA) is 93.9 Å². The highest BCUT2D eigenvalue weighted by molar-refractivity contribution is 7.89. The summed E-state index contributed by atoms with van der Waals surface area (Å²) in [5.74, 6) is 0.00849. The number of aromatic nitrogens is 3. The third-order valence-corrected chi connectivity index (χ3v) is 5.63. The number of sulfonamides is 1. The van der Waals surface area contributed by atoms with Gasteiger partial charge in [-0.25, -0.2) is 18.4 Å². The maximum absolute atomic E-state index is 12.7. The van der Waals surface area contributed by atoms with Gasteiger partial charge in [0.05, 0.1) is 13.3 Å². The molecule has 22 heavy (non-hydrogen) atoms. The third kappa shape index (κ3) is 2.57. The van der Waals surface area contributed by atoms with E-state index in [9.17, 15) is 13.2 Å². The number of carbonyl (C=O) groups excluding carboxylic acids is 1. The highest BCUT2D eigenvalue weighted by Gasteiger charge is 2.35. The lowest BCUT2D eigenvalue weighted by Gasteiger charge is -2.15. The number of carbonyl (C=O) groups is 1. The van der Waals surface area contributed by atoms with Crippen molar-refractivity contribution in [3.63, 3.8) is 0 Å². The Balaban J connectivity index is 1.84. The zero-order valence-corrected chi connectivity index (χ0v) is 12.9. The Morgan fingerprint density at radius 2 is 2.27 bits per heavy atom. The van der Waals surface area contributed by atoms with Crippen molar-refractivity contribution in [1.29, 1.82) is 0 Å². The van der Waals surface area contributed by atoms with Gasteiger partial charge in [0, 0.05) is 31.9 Å². The fourth-order valence-corrected chi connectivity index (χ4v) is 4.22. The van der Waals surface area contributed by atoms with Gasteiger partial charge in [-0.3, -0.25) is 9.20 Å². The number of imidazole rings is 1. The van der Waals surface area contributed by atoms with Gasteiger partial charge in [-0.2, -0.15) is 4.31 Å². The molecule has 3 rings (SSSR count). The smallest absolute Gasteiger partial charge is 0.305 e. The average Bonchev–Trinajstić information content (AvgIpc) is 3.14. The van der Waals surface area contributed by atoms with Crippen LogP contribution in [0.15, 0.2) is 29.7 Å². The molecule has 0 N–H and O–H groups in total. The summed E-state index contributed by atoms with van der Waals surface area (Å²) in [7, 11) is -2.33. The number of esters is 1. The lowest BCUT2D eigenvalue weighted by atomic mass is 10.1. The normalized spacial score (nSPS) is 19.6. The first-order chi connectivity index (χ1) is 10.5. The van der Waals surface area contributed by atoms with Gasteiger partial charge in [0.2, 0.25) is 5.78 Å². The van der Waals surface area contributed by atoms with Crippen molar-refractivity contribution in [2.75, 3.05) is 20.2 Å². The quantitative estimate of drug-likeness (QED) is 0.751. The number of rotatable bonds is 4. The standard InChI is InChI=1S/C13H16N4O4S/c1-21-12(18)7-10-3-6-16(9-10)22(19,20)11-8-15-13-14-4-2-5-17(11)13/h2,4-5,8,10H,3,6-7,9H2,1H3. The minimum absolute atomic E-state index is 0.0143. The number of methoxy groups -OCH3 is 1. The fourth-order valence-electron chi connectivity index (χ4n) is 2.63.